The fourth-order valence-corrected chi connectivity index (χ4v) is 3.57. The summed E-state index contributed by atoms with van der Waals surface area (Å²) in [6, 6.07) is 7.56. The van der Waals surface area contributed by atoms with Crippen molar-refractivity contribution in [2.75, 3.05) is 29.5 Å². The minimum absolute atomic E-state index is 0.102. The predicted octanol–water partition coefficient (Wildman–Crippen LogP) is 4.76. The number of hydrogen-bond donors (Lipinski definition) is 4. The largest absolute Gasteiger partial charge is 0.416 e. The Bertz CT molecular complexity index is 894. The van der Waals surface area contributed by atoms with Gasteiger partial charge >= 0.3 is 6.18 Å². The van der Waals surface area contributed by atoms with Gasteiger partial charge in [-0.05, 0) is 68.1 Å². The molecule has 1 amide bonds. The van der Waals surface area contributed by atoms with E-state index in [9.17, 15) is 22.4 Å². The Hall–Kier alpha value is -2.81. The van der Waals surface area contributed by atoms with Gasteiger partial charge in [0.1, 0.15) is 0 Å². The summed E-state index contributed by atoms with van der Waals surface area (Å²) in [5.41, 5.74) is 5.77. The molecule has 0 spiro atoms. The highest BCUT2D eigenvalue weighted by atomic mass is 19.4. The van der Waals surface area contributed by atoms with Gasteiger partial charge in [-0.3, -0.25) is 4.79 Å². The van der Waals surface area contributed by atoms with E-state index in [-0.39, 0.29) is 29.5 Å². The summed E-state index contributed by atoms with van der Waals surface area (Å²) in [5.74, 6) is -0.420. The quantitative estimate of drug-likeness (QED) is 0.371. The molecule has 5 N–H and O–H groups in total. The van der Waals surface area contributed by atoms with Gasteiger partial charge in [0.2, 0.25) is 5.91 Å². The lowest BCUT2D eigenvalue weighted by Crippen LogP contribution is -2.28. The Morgan fingerprint density at radius 1 is 1.06 bits per heavy atom. The number of nitrogen functional groups attached to an aromatic ring is 1. The molecule has 0 atom stereocenters. The van der Waals surface area contributed by atoms with Crippen LogP contribution in [0, 0.1) is 11.7 Å². The molecule has 1 fully saturated rings. The number of nitrogens with one attached hydrogen (secondary N) is 3. The predicted molar refractivity (Wildman–Crippen MR) is 113 cm³/mol. The van der Waals surface area contributed by atoms with Gasteiger partial charge in [0.15, 0.2) is 5.82 Å². The Morgan fingerprint density at radius 2 is 1.71 bits per heavy atom. The molecule has 2 aromatic rings. The highest BCUT2D eigenvalue weighted by molar-refractivity contribution is 5.94. The highest BCUT2D eigenvalue weighted by Crippen LogP contribution is 2.30. The standard InChI is InChI=1S/C22H26F4N4O/c23-20-17(29-13-15-1-4-16(5-2-15)22(24,25)26)6-7-18(21(20)27)30-19(31)8-3-14-9-11-28-12-10-14/h1-2,4-7,14,28-29H,3,8-13,27H2,(H,30,31). The fraction of sp³-hybridized carbons (Fsp3) is 0.409. The number of halogens is 4. The first-order chi connectivity index (χ1) is 14.7. The van der Waals surface area contributed by atoms with Gasteiger partial charge in [-0.2, -0.15) is 13.2 Å². The molecule has 9 heteroatoms. The van der Waals surface area contributed by atoms with Crippen molar-refractivity contribution in [1.29, 1.82) is 0 Å². The lowest BCUT2D eigenvalue weighted by Gasteiger charge is -2.22. The van der Waals surface area contributed by atoms with Gasteiger partial charge in [0, 0.05) is 13.0 Å². The molecule has 1 aliphatic heterocycles. The van der Waals surface area contributed by atoms with Crippen molar-refractivity contribution in [3.8, 4) is 0 Å². The smallest absolute Gasteiger partial charge is 0.395 e. The van der Waals surface area contributed by atoms with Crippen molar-refractivity contribution >= 4 is 23.0 Å². The summed E-state index contributed by atoms with van der Waals surface area (Å²) in [6.45, 7) is 2.05. The first-order valence-electron chi connectivity index (χ1n) is 10.2. The maximum Gasteiger partial charge on any atom is 0.416 e. The topological polar surface area (TPSA) is 79.2 Å². The van der Waals surface area contributed by atoms with Crippen LogP contribution in [-0.4, -0.2) is 19.0 Å². The summed E-state index contributed by atoms with van der Waals surface area (Å²) >= 11 is 0. The zero-order valence-corrected chi connectivity index (χ0v) is 17.0. The van der Waals surface area contributed by atoms with Crippen LogP contribution in [0.2, 0.25) is 0 Å². The Morgan fingerprint density at radius 3 is 2.35 bits per heavy atom. The van der Waals surface area contributed by atoms with E-state index in [4.69, 9.17) is 5.73 Å². The molecule has 168 valence electrons. The molecule has 1 aliphatic rings. The van der Waals surface area contributed by atoms with E-state index in [1.165, 1.54) is 24.3 Å². The molecule has 31 heavy (non-hydrogen) atoms. The molecule has 0 bridgehead atoms. The second-order valence-electron chi connectivity index (χ2n) is 7.72. The molecular weight excluding hydrogens is 412 g/mol. The molecule has 0 unspecified atom stereocenters. The number of hydrogen-bond acceptors (Lipinski definition) is 4. The number of rotatable bonds is 7. The molecule has 0 saturated carbocycles. The molecule has 0 radical (unpaired) electrons. The maximum atomic E-state index is 14.6. The number of nitrogens with two attached hydrogens (primary N) is 1. The number of amides is 1. The first kappa shape index (κ1) is 22.9. The maximum absolute atomic E-state index is 14.6. The summed E-state index contributed by atoms with van der Waals surface area (Å²) in [5, 5.41) is 8.76. The van der Waals surface area contributed by atoms with E-state index >= 15 is 0 Å². The van der Waals surface area contributed by atoms with Crippen molar-refractivity contribution in [2.24, 2.45) is 5.92 Å². The zero-order valence-electron chi connectivity index (χ0n) is 17.0. The second kappa shape index (κ2) is 10.00. The number of piperidine rings is 1. The Kier molecular flexibility index (Phi) is 7.37. The minimum atomic E-state index is -4.40. The number of carbonyl (C=O) groups excluding carboxylic acids is 1. The van der Waals surface area contributed by atoms with E-state index in [1.54, 1.807) is 0 Å². The van der Waals surface area contributed by atoms with Crippen LogP contribution in [0.3, 0.4) is 0 Å². The Balaban J connectivity index is 1.55. The Labute approximate surface area is 178 Å². The normalized spacial score (nSPS) is 15.0. The van der Waals surface area contributed by atoms with Crippen LogP contribution in [0.5, 0.6) is 0 Å². The van der Waals surface area contributed by atoms with Gasteiger partial charge in [0.05, 0.1) is 22.6 Å². The number of anilines is 3. The lowest BCUT2D eigenvalue weighted by atomic mass is 9.93. The van der Waals surface area contributed by atoms with Crippen molar-refractivity contribution < 1.29 is 22.4 Å². The minimum Gasteiger partial charge on any atom is -0.395 e. The van der Waals surface area contributed by atoms with Gasteiger partial charge in [0.25, 0.3) is 0 Å². The highest BCUT2D eigenvalue weighted by Gasteiger charge is 2.29. The van der Waals surface area contributed by atoms with Gasteiger partial charge in [-0.15, -0.1) is 0 Å². The van der Waals surface area contributed by atoms with Crippen LogP contribution in [0.15, 0.2) is 36.4 Å². The van der Waals surface area contributed by atoms with E-state index < -0.39 is 17.6 Å². The van der Waals surface area contributed by atoms with Crippen molar-refractivity contribution in [2.45, 2.75) is 38.4 Å². The molecule has 5 nitrogen and oxygen atoms in total. The van der Waals surface area contributed by atoms with Crippen LogP contribution in [0.1, 0.15) is 36.8 Å². The molecule has 2 aromatic carbocycles. The fourth-order valence-electron chi connectivity index (χ4n) is 3.57. The molecule has 0 aliphatic carbocycles. The van der Waals surface area contributed by atoms with Crippen LogP contribution < -0.4 is 21.7 Å². The molecule has 1 saturated heterocycles. The SMILES string of the molecule is Nc1c(NC(=O)CCC2CCNCC2)ccc(NCc2ccc(C(F)(F)F)cc2)c1F. The van der Waals surface area contributed by atoms with E-state index in [1.807, 2.05) is 0 Å². The molecule has 0 aromatic heterocycles. The van der Waals surface area contributed by atoms with Crippen LogP contribution >= 0.6 is 0 Å². The van der Waals surface area contributed by atoms with Crippen LogP contribution in [0.25, 0.3) is 0 Å². The summed E-state index contributed by atoms with van der Waals surface area (Å²) in [7, 11) is 0. The van der Waals surface area contributed by atoms with Gasteiger partial charge in [-0.25, -0.2) is 4.39 Å². The van der Waals surface area contributed by atoms with E-state index in [0.717, 1.165) is 44.5 Å². The summed E-state index contributed by atoms with van der Waals surface area (Å²) < 4.78 is 52.5. The molecular formula is C22H26F4N4O. The summed E-state index contributed by atoms with van der Waals surface area (Å²) in [4.78, 5) is 12.2. The third-order valence-corrected chi connectivity index (χ3v) is 5.46. The van der Waals surface area contributed by atoms with Crippen LogP contribution in [-0.2, 0) is 17.5 Å². The monoisotopic (exact) mass is 438 g/mol. The first-order valence-corrected chi connectivity index (χ1v) is 10.2. The second-order valence-corrected chi connectivity index (χ2v) is 7.72. The van der Waals surface area contributed by atoms with E-state index in [0.29, 0.717) is 17.9 Å². The zero-order chi connectivity index (χ0) is 22.4. The average Bonchev–Trinajstić information content (AvgIpc) is 2.75. The third-order valence-electron chi connectivity index (χ3n) is 5.46. The number of benzene rings is 2. The lowest BCUT2D eigenvalue weighted by molar-refractivity contribution is -0.137. The number of carbonyl (C=O) groups is 1. The van der Waals surface area contributed by atoms with Crippen molar-refractivity contribution in [3.05, 3.63) is 53.3 Å². The molecule has 1 heterocycles. The van der Waals surface area contributed by atoms with Gasteiger partial charge < -0.3 is 21.7 Å². The van der Waals surface area contributed by atoms with Crippen LogP contribution in [0.4, 0.5) is 34.6 Å². The van der Waals surface area contributed by atoms with Gasteiger partial charge in [-0.1, -0.05) is 12.1 Å². The molecule has 3 rings (SSSR count). The number of alkyl halides is 3. The average molecular weight is 438 g/mol. The van der Waals surface area contributed by atoms with Crippen molar-refractivity contribution in [1.82, 2.24) is 5.32 Å². The van der Waals surface area contributed by atoms with E-state index in [2.05, 4.69) is 16.0 Å². The third kappa shape index (κ3) is 6.33. The summed E-state index contributed by atoms with van der Waals surface area (Å²) in [6.07, 6.45) is -1.19. The van der Waals surface area contributed by atoms with Crippen molar-refractivity contribution in [3.63, 3.8) is 0 Å².